The van der Waals surface area contributed by atoms with Crippen molar-refractivity contribution in [2.45, 2.75) is 32.7 Å². The zero-order valence-electron chi connectivity index (χ0n) is 12.8. The number of alkyl halides is 1. The summed E-state index contributed by atoms with van der Waals surface area (Å²) in [5, 5.41) is -0.460. The molecule has 0 radical (unpaired) electrons. The first-order chi connectivity index (χ1) is 9.60. The van der Waals surface area contributed by atoms with Gasteiger partial charge in [-0.3, -0.25) is 0 Å². The van der Waals surface area contributed by atoms with Gasteiger partial charge < -0.3 is 13.3 Å². The van der Waals surface area contributed by atoms with Gasteiger partial charge in [-0.25, -0.2) is 0 Å². The van der Waals surface area contributed by atoms with Crippen LogP contribution in [0.1, 0.15) is 33.3 Å². The summed E-state index contributed by atoms with van der Waals surface area (Å²) in [6, 6.07) is 10.1. The Balaban J connectivity index is 3.31. The molecule has 0 saturated heterocycles. The van der Waals surface area contributed by atoms with E-state index >= 15 is 0 Å². The molecule has 5 heteroatoms. The second kappa shape index (κ2) is 8.15. The van der Waals surface area contributed by atoms with Crippen LogP contribution in [0.2, 0.25) is 0 Å². The molecule has 0 fully saturated rings. The van der Waals surface area contributed by atoms with Crippen molar-refractivity contribution in [3.8, 4) is 0 Å². The minimum absolute atomic E-state index is 0.392. The molecule has 0 aliphatic carbocycles. The fourth-order valence-electron chi connectivity index (χ4n) is 2.31. The lowest BCUT2D eigenvalue weighted by Crippen LogP contribution is -2.63. The van der Waals surface area contributed by atoms with Crippen LogP contribution in [0.4, 0.5) is 0 Å². The fraction of sp³-hybridized carbons (Fsp3) is 0.600. The quantitative estimate of drug-likeness (QED) is 0.512. The Hall–Kier alpha value is -0.393. The van der Waals surface area contributed by atoms with E-state index in [-0.39, 0.29) is 0 Å². The average Bonchev–Trinajstić information content (AvgIpc) is 2.48. The average molecular weight is 317 g/mol. The Kier molecular flexibility index (Phi) is 7.19. The fourth-order valence-corrected chi connectivity index (χ4v) is 5.99. The van der Waals surface area contributed by atoms with Gasteiger partial charge in [-0.05, 0) is 33.3 Å². The lowest BCUT2D eigenvalue weighted by molar-refractivity contribution is 0.0498. The first-order valence-corrected chi connectivity index (χ1v) is 9.39. The summed E-state index contributed by atoms with van der Waals surface area (Å²) in [7, 11) is -2.92. The van der Waals surface area contributed by atoms with Crippen molar-refractivity contribution in [2.75, 3.05) is 25.7 Å². The van der Waals surface area contributed by atoms with E-state index in [0.29, 0.717) is 25.7 Å². The molecule has 0 aromatic heterocycles. The Morgan fingerprint density at radius 1 is 0.950 bits per heavy atom. The monoisotopic (exact) mass is 316 g/mol. The highest BCUT2D eigenvalue weighted by Crippen LogP contribution is 2.37. The van der Waals surface area contributed by atoms with Crippen molar-refractivity contribution in [3.05, 3.63) is 35.9 Å². The van der Waals surface area contributed by atoms with E-state index in [2.05, 4.69) is 19.1 Å². The zero-order chi connectivity index (χ0) is 15.1. The standard InChI is InChI=1S/C15H25ClO3Si/c1-5-17-20(18-6-2,19-7-3)15(4,13-16)14-11-9-8-10-12-14/h8-12H,5-7,13H2,1-4H3. The van der Waals surface area contributed by atoms with Crippen molar-refractivity contribution >= 4 is 20.4 Å². The van der Waals surface area contributed by atoms with Gasteiger partial charge in [0.2, 0.25) is 0 Å². The van der Waals surface area contributed by atoms with Gasteiger partial charge in [-0.15, -0.1) is 11.6 Å². The number of benzene rings is 1. The molecule has 0 saturated carbocycles. The SMILES string of the molecule is CCO[Si](OCC)(OCC)C(C)(CCl)c1ccccc1. The summed E-state index contributed by atoms with van der Waals surface area (Å²) in [5.74, 6) is 0.392. The largest absolute Gasteiger partial charge is 0.513 e. The molecule has 0 amide bonds. The van der Waals surface area contributed by atoms with E-state index in [4.69, 9.17) is 24.9 Å². The van der Waals surface area contributed by atoms with Crippen molar-refractivity contribution in [1.82, 2.24) is 0 Å². The van der Waals surface area contributed by atoms with Crippen LogP contribution in [-0.2, 0) is 18.3 Å². The number of rotatable bonds is 9. The van der Waals surface area contributed by atoms with Gasteiger partial charge in [-0.2, -0.15) is 0 Å². The number of hydrogen-bond acceptors (Lipinski definition) is 3. The van der Waals surface area contributed by atoms with Crippen molar-refractivity contribution in [3.63, 3.8) is 0 Å². The minimum atomic E-state index is -2.92. The molecule has 0 heterocycles. The summed E-state index contributed by atoms with van der Waals surface area (Å²) in [5.41, 5.74) is 1.09. The Labute approximate surface area is 128 Å². The summed E-state index contributed by atoms with van der Waals surface area (Å²) >= 11 is 6.33. The third-order valence-electron chi connectivity index (χ3n) is 3.36. The van der Waals surface area contributed by atoms with Crippen LogP contribution < -0.4 is 0 Å². The molecule has 0 aliphatic heterocycles. The molecule has 114 valence electrons. The highest BCUT2D eigenvalue weighted by atomic mass is 35.5. The molecule has 0 aliphatic rings. The van der Waals surface area contributed by atoms with Crippen LogP contribution in [-0.4, -0.2) is 34.5 Å². The van der Waals surface area contributed by atoms with Gasteiger partial charge in [-0.1, -0.05) is 30.3 Å². The zero-order valence-corrected chi connectivity index (χ0v) is 14.6. The Morgan fingerprint density at radius 3 is 1.75 bits per heavy atom. The number of hydrogen-bond donors (Lipinski definition) is 0. The first-order valence-electron chi connectivity index (χ1n) is 7.13. The van der Waals surface area contributed by atoms with Gasteiger partial charge in [0.1, 0.15) is 0 Å². The second-order valence-corrected chi connectivity index (χ2v) is 8.04. The van der Waals surface area contributed by atoms with Gasteiger partial charge in [0.25, 0.3) is 0 Å². The summed E-state index contributed by atoms with van der Waals surface area (Å²) < 4.78 is 18.1. The van der Waals surface area contributed by atoms with E-state index in [1.54, 1.807) is 0 Å². The molecule has 1 atom stereocenters. The molecular weight excluding hydrogens is 292 g/mol. The molecule has 0 bridgehead atoms. The maximum atomic E-state index is 6.33. The topological polar surface area (TPSA) is 27.7 Å². The molecule has 0 N–H and O–H groups in total. The van der Waals surface area contributed by atoms with E-state index < -0.39 is 13.8 Å². The summed E-state index contributed by atoms with van der Waals surface area (Å²) in [6.45, 7) is 9.59. The third-order valence-corrected chi connectivity index (χ3v) is 7.94. The maximum Gasteiger partial charge on any atom is 0.513 e. The Bertz CT molecular complexity index is 371. The van der Waals surface area contributed by atoms with E-state index in [1.807, 2.05) is 39.0 Å². The molecule has 1 aromatic rings. The molecule has 0 spiro atoms. The van der Waals surface area contributed by atoms with Crippen LogP contribution >= 0.6 is 11.6 Å². The molecule has 1 unspecified atom stereocenters. The van der Waals surface area contributed by atoms with Crippen LogP contribution in [0, 0.1) is 0 Å². The minimum Gasteiger partial charge on any atom is -0.373 e. The second-order valence-electron chi connectivity index (χ2n) is 4.69. The summed E-state index contributed by atoms with van der Waals surface area (Å²) in [6.07, 6.45) is 0. The number of halogens is 1. The normalized spacial score (nSPS) is 15.1. The third kappa shape index (κ3) is 3.43. The summed E-state index contributed by atoms with van der Waals surface area (Å²) in [4.78, 5) is 0. The van der Waals surface area contributed by atoms with Crippen molar-refractivity contribution in [1.29, 1.82) is 0 Å². The van der Waals surface area contributed by atoms with Crippen LogP contribution in [0.15, 0.2) is 30.3 Å². The van der Waals surface area contributed by atoms with Gasteiger partial charge >= 0.3 is 8.80 Å². The van der Waals surface area contributed by atoms with Crippen molar-refractivity contribution in [2.24, 2.45) is 0 Å². The predicted molar refractivity (Wildman–Crippen MR) is 85.1 cm³/mol. The molecule has 1 rings (SSSR count). The smallest absolute Gasteiger partial charge is 0.373 e. The molecular formula is C15H25ClO3Si. The van der Waals surface area contributed by atoms with Crippen LogP contribution in [0.25, 0.3) is 0 Å². The molecule has 3 nitrogen and oxygen atoms in total. The van der Waals surface area contributed by atoms with Gasteiger partial charge in [0.15, 0.2) is 0 Å². The highest BCUT2D eigenvalue weighted by Gasteiger charge is 2.58. The maximum absolute atomic E-state index is 6.33. The molecule has 1 aromatic carbocycles. The van der Waals surface area contributed by atoms with Crippen LogP contribution in [0.5, 0.6) is 0 Å². The lowest BCUT2D eigenvalue weighted by atomic mass is 10.0. The predicted octanol–water partition coefficient (Wildman–Crippen LogP) is 3.77. The molecule has 20 heavy (non-hydrogen) atoms. The Morgan fingerprint density at radius 2 is 1.40 bits per heavy atom. The van der Waals surface area contributed by atoms with E-state index in [1.165, 1.54) is 0 Å². The first kappa shape index (κ1) is 17.7. The van der Waals surface area contributed by atoms with Gasteiger partial charge in [0.05, 0.1) is 5.04 Å². The van der Waals surface area contributed by atoms with E-state index in [0.717, 1.165) is 5.56 Å². The lowest BCUT2D eigenvalue weighted by Gasteiger charge is -2.42. The van der Waals surface area contributed by atoms with E-state index in [9.17, 15) is 0 Å². The van der Waals surface area contributed by atoms with Crippen molar-refractivity contribution < 1.29 is 13.3 Å². The highest BCUT2D eigenvalue weighted by molar-refractivity contribution is 6.65. The van der Waals surface area contributed by atoms with Crippen LogP contribution in [0.3, 0.4) is 0 Å². The van der Waals surface area contributed by atoms with Gasteiger partial charge in [0, 0.05) is 25.7 Å².